The summed E-state index contributed by atoms with van der Waals surface area (Å²) in [7, 11) is -0.316. The smallest absolute Gasteiger partial charge is 0.358 e. The lowest BCUT2D eigenvalue weighted by Crippen LogP contribution is -2.37. The fourth-order valence-electron chi connectivity index (χ4n) is 2.30. The largest absolute Gasteiger partial charge is 0.464 e. The highest BCUT2D eigenvalue weighted by Gasteiger charge is 2.20. The fourth-order valence-corrected chi connectivity index (χ4v) is 3.44. The molecule has 0 bridgehead atoms. The molecule has 0 radical (unpaired) electrons. The van der Waals surface area contributed by atoms with Gasteiger partial charge in [-0.15, -0.1) is 0 Å². The Morgan fingerprint density at radius 3 is 2.58 bits per heavy atom. The maximum absolute atomic E-state index is 14.5. The minimum Gasteiger partial charge on any atom is -0.464 e. The molecular formula is C17H22FN3O2Si. The van der Waals surface area contributed by atoms with Crippen LogP contribution in [0.25, 0.3) is 0 Å². The lowest BCUT2D eigenvalue weighted by atomic mass is 10.1. The molecule has 2 aromatic rings. The average molecular weight is 347 g/mol. The number of methoxy groups -OCH3 is 1. The highest BCUT2D eigenvalue weighted by molar-refractivity contribution is 6.88. The summed E-state index contributed by atoms with van der Waals surface area (Å²) in [6.07, 6.45) is 1.59. The summed E-state index contributed by atoms with van der Waals surface area (Å²) < 4.78 is 19.2. The van der Waals surface area contributed by atoms with E-state index in [9.17, 15) is 9.18 Å². The summed E-state index contributed by atoms with van der Waals surface area (Å²) in [6.45, 7) is 6.67. The molecule has 0 atom stereocenters. The molecule has 1 aromatic carbocycles. The van der Waals surface area contributed by atoms with Gasteiger partial charge in [0, 0.05) is 13.0 Å². The van der Waals surface area contributed by atoms with Gasteiger partial charge < -0.3 is 10.5 Å². The second kappa shape index (κ2) is 7.19. The molecule has 0 unspecified atom stereocenters. The van der Waals surface area contributed by atoms with Gasteiger partial charge in [-0.25, -0.2) is 14.2 Å². The van der Waals surface area contributed by atoms with Gasteiger partial charge in [0.25, 0.3) is 0 Å². The Bertz CT molecular complexity index is 760. The molecule has 128 valence electrons. The fraction of sp³-hybridized carbons (Fsp3) is 0.353. The number of nitrogens with two attached hydrogens (primary N) is 1. The van der Waals surface area contributed by atoms with Crippen molar-refractivity contribution in [3.63, 3.8) is 0 Å². The van der Waals surface area contributed by atoms with Crippen LogP contribution < -0.4 is 10.9 Å². The molecule has 0 saturated carbocycles. The number of hydrogen-bond acceptors (Lipinski definition) is 5. The average Bonchev–Trinajstić information content (AvgIpc) is 2.54. The van der Waals surface area contributed by atoms with E-state index in [0.29, 0.717) is 17.0 Å². The third-order valence-electron chi connectivity index (χ3n) is 3.76. The van der Waals surface area contributed by atoms with E-state index in [1.165, 1.54) is 13.3 Å². The molecule has 2 N–H and O–H groups in total. The van der Waals surface area contributed by atoms with Gasteiger partial charge in [-0.2, -0.15) is 0 Å². The van der Waals surface area contributed by atoms with Gasteiger partial charge in [0.15, 0.2) is 5.69 Å². The zero-order valence-electron chi connectivity index (χ0n) is 14.4. The van der Waals surface area contributed by atoms with Crippen molar-refractivity contribution in [3.05, 3.63) is 52.9 Å². The van der Waals surface area contributed by atoms with Crippen LogP contribution in [0.15, 0.2) is 24.4 Å². The van der Waals surface area contributed by atoms with E-state index in [1.807, 2.05) is 6.07 Å². The highest BCUT2D eigenvalue weighted by Crippen LogP contribution is 2.16. The van der Waals surface area contributed by atoms with Gasteiger partial charge in [-0.1, -0.05) is 37.0 Å². The first-order chi connectivity index (χ1) is 11.3. The van der Waals surface area contributed by atoms with Crippen LogP contribution in [-0.2, 0) is 17.7 Å². The minimum atomic E-state index is -1.59. The van der Waals surface area contributed by atoms with Gasteiger partial charge in [-0.05, 0) is 11.6 Å². The maximum atomic E-state index is 14.5. The standard InChI is InChI=1S/C17H22FN3O2Si/c1-23-17(22)16-15(21-12(9-19)10-20-16)7-11-5-6-13(8-14(11)18)24(2,3)4/h5-6,8,10H,7,9,19H2,1-4H3. The van der Waals surface area contributed by atoms with Crippen LogP contribution in [0.3, 0.4) is 0 Å². The van der Waals surface area contributed by atoms with Gasteiger partial charge in [0.05, 0.1) is 32.8 Å². The van der Waals surface area contributed by atoms with Crippen LogP contribution in [0, 0.1) is 5.82 Å². The van der Waals surface area contributed by atoms with Crippen LogP contribution in [0.4, 0.5) is 4.39 Å². The molecule has 1 heterocycles. The quantitative estimate of drug-likeness (QED) is 0.661. The first-order valence-corrected chi connectivity index (χ1v) is 11.2. The van der Waals surface area contributed by atoms with Crippen LogP contribution in [0.2, 0.25) is 19.6 Å². The number of esters is 1. The molecule has 0 aliphatic rings. The molecule has 0 aliphatic heterocycles. The van der Waals surface area contributed by atoms with Crippen molar-refractivity contribution in [2.75, 3.05) is 7.11 Å². The van der Waals surface area contributed by atoms with Gasteiger partial charge in [0.1, 0.15) is 5.82 Å². The van der Waals surface area contributed by atoms with E-state index in [1.54, 1.807) is 12.1 Å². The Morgan fingerprint density at radius 1 is 1.33 bits per heavy atom. The third-order valence-corrected chi connectivity index (χ3v) is 5.80. The molecule has 0 aliphatic carbocycles. The number of carbonyl (C=O) groups excluding carboxylic acids is 1. The number of rotatable bonds is 5. The molecule has 24 heavy (non-hydrogen) atoms. The number of carbonyl (C=O) groups is 1. The lowest BCUT2D eigenvalue weighted by molar-refractivity contribution is 0.0592. The molecule has 5 nitrogen and oxygen atoms in total. The van der Waals surface area contributed by atoms with Crippen LogP contribution in [0.5, 0.6) is 0 Å². The van der Waals surface area contributed by atoms with E-state index >= 15 is 0 Å². The van der Waals surface area contributed by atoms with Crippen molar-refractivity contribution in [2.24, 2.45) is 5.73 Å². The third kappa shape index (κ3) is 4.04. The van der Waals surface area contributed by atoms with E-state index in [4.69, 9.17) is 10.5 Å². The number of aromatic nitrogens is 2. The van der Waals surface area contributed by atoms with Crippen molar-refractivity contribution >= 4 is 19.2 Å². The van der Waals surface area contributed by atoms with Crippen LogP contribution in [0.1, 0.15) is 27.4 Å². The van der Waals surface area contributed by atoms with Crippen molar-refractivity contribution in [2.45, 2.75) is 32.6 Å². The molecule has 0 saturated heterocycles. The number of benzene rings is 1. The number of ether oxygens (including phenoxy) is 1. The zero-order valence-corrected chi connectivity index (χ0v) is 15.4. The molecule has 0 fully saturated rings. The predicted molar refractivity (Wildman–Crippen MR) is 93.4 cm³/mol. The van der Waals surface area contributed by atoms with Crippen molar-refractivity contribution < 1.29 is 13.9 Å². The lowest BCUT2D eigenvalue weighted by Gasteiger charge is -2.17. The number of nitrogens with zero attached hydrogens (tertiary/aromatic N) is 2. The van der Waals surface area contributed by atoms with E-state index < -0.39 is 14.0 Å². The molecule has 7 heteroatoms. The normalized spacial score (nSPS) is 11.4. The Balaban J connectivity index is 2.42. The summed E-state index contributed by atoms with van der Waals surface area (Å²) in [4.78, 5) is 20.2. The van der Waals surface area contributed by atoms with E-state index in [2.05, 4.69) is 29.6 Å². The molecule has 1 aromatic heterocycles. The van der Waals surface area contributed by atoms with Crippen molar-refractivity contribution in [1.82, 2.24) is 9.97 Å². The summed E-state index contributed by atoms with van der Waals surface area (Å²) in [6, 6.07) is 5.28. The maximum Gasteiger partial charge on any atom is 0.358 e. The molecule has 2 rings (SSSR count). The van der Waals surface area contributed by atoms with Crippen LogP contribution in [-0.4, -0.2) is 31.1 Å². The summed E-state index contributed by atoms with van der Waals surface area (Å²) in [5, 5.41) is 1.04. The first-order valence-electron chi connectivity index (χ1n) is 7.68. The minimum absolute atomic E-state index is 0.0865. The molecular weight excluding hydrogens is 325 g/mol. The molecule has 0 amide bonds. The van der Waals surface area contributed by atoms with Gasteiger partial charge >= 0.3 is 5.97 Å². The Labute approximate surface area is 142 Å². The zero-order chi connectivity index (χ0) is 17.9. The second-order valence-electron chi connectivity index (χ2n) is 6.59. The second-order valence-corrected chi connectivity index (χ2v) is 11.7. The Kier molecular flexibility index (Phi) is 5.46. The van der Waals surface area contributed by atoms with Crippen LogP contribution >= 0.6 is 0 Å². The predicted octanol–water partition coefficient (Wildman–Crippen LogP) is 2.00. The van der Waals surface area contributed by atoms with E-state index in [-0.39, 0.29) is 24.5 Å². The SMILES string of the molecule is COC(=O)c1ncc(CN)nc1Cc1ccc([Si](C)(C)C)cc1F. The number of hydrogen-bond donors (Lipinski definition) is 1. The van der Waals surface area contributed by atoms with Crippen molar-refractivity contribution in [1.29, 1.82) is 0 Å². The van der Waals surface area contributed by atoms with Gasteiger partial charge in [0.2, 0.25) is 0 Å². The Morgan fingerprint density at radius 2 is 2.04 bits per heavy atom. The van der Waals surface area contributed by atoms with E-state index in [0.717, 1.165) is 5.19 Å². The summed E-state index contributed by atoms with van der Waals surface area (Å²) in [5.41, 5.74) is 7.03. The van der Waals surface area contributed by atoms with Gasteiger partial charge in [-0.3, -0.25) is 4.98 Å². The van der Waals surface area contributed by atoms with Crippen molar-refractivity contribution in [3.8, 4) is 0 Å². The summed E-state index contributed by atoms with van der Waals surface area (Å²) in [5.74, 6) is -0.897. The first kappa shape index (κ1) is 18.2. The Hall–Kier alpha value is -2.12. The summed E-state index contributed by atoms with van der Waals surface area (Å²) >= 11 is 0. The number of halogens is 1. The topological polar surface area (TPSA) is 78.1 Å². The monoisotopic (exact) mass is 347 g/mol. The highest BCUT2D eigenvalue weighted by atomic mass is 28.3. The molecule has 0 spiro atoms.